The van der Waals surface area contributed by atoms with Gasteiger partial charge in [0.15, 0.2) is 0 Å². The summed E-state index contributed by atoms with van der Waals surface area (Å²) in [6.45, 7) is -2.68. The summed E-state index contributed by atoms with van der Waals surface area (Å²) < 4.78 is 33.4. The normalized spacial score (nSPS) is 11.5. The highest BCUT2D eigenvalue weighted by atomic mass is 35.5. The summed E-state index contributed by atoms with van der Waals surface area (Å²) in [6.07, 6.45) is 0. The van der Waals surface area contributed by atoms with Gasteiger partial charge in [0.1, 0.15) is 5.82 Å². The average molecular weight is 393 g/mol. The standard InChI is InChI=1S/C17H11ClF2N4OS/c18-11-5-3-4-10(8-11)15-22-23-17(25-15)26-9-14-21-12-6-1-2-7-13(12)24(14)16(19)20/h1-8,16H,9H2. The third kappa shape index (κ3) is 3.30. The summed E-state index contributed by atoms with van der Waals surface area (Å²) in [7, 11) is 0. The van der Waals surface area contributed by atoms with Crippen LogP contribution in [0.5, 0.6) is 0 Å². The zero-order valence-corrected chi connectivity index (χ0v) is 14.7. The number of halogens is 3. The van der Waals surface area contributed by atoms with Crippen molar-refractivity contribution in [1.29, 1.82) is 0 Å². The molecular formula is C17H11ClF2N4OS. The van der Waals surface area contributed by atoms with E-state index in [4.69, 9.17) is 16.0 Å². The third-order valence-electron chi connectivity index (χ3n) is 3.67. The van der Waals surface area contributed by atoms with Crippen LogP contribution in [0.25, 0.3) is 22.5 Å². The van der Waals surface area contributed by atoms with Crippen LogP contribution < -0.4 is 0 Å². The molecule has 9 heteroatoms. The van der Waals surface area contributed by atoms with E-state index < -0.39 is 6.55 Å². The molecule has 0 amide bonds. The minimum absolute atomic E-state index is 0.177. The van der Waals surface area contributed by atoms with Gasteiger partial charge in [-0.2, -0.15) is 8.78 Å². The minimum atomic E-state index is -2.68. The predicted molar refractivity (Wildman–Crippen MR) is 95.3 cm³/mol. The van der Waals surface area contributed by atoms with Crippen LogP contribution in [0.3, 0.4) is 0 Å². The van der Waals surface area contributed by atoms with Crippen molar-refractivity contribution >= 4 is 34.4 Å². The highest BCUT2D eigenvalue weighted by Gasteiger charge is 2.18. The highest BCUT2D eigenvalue weighted by molar-refractivity contribution is 7.98. The van der Waals surface area contributed by atoms with Crippen molar-refractivity contribution in [1.82, 2.24) is 19.7 Å². The Balaban J connectivity index is 1.57. The van der Waals surface area contributed by atoms with Gasteiger partial charge in [0, 0.05) is 10.6 Å². The molecule has 26 heavy (non-hydrogen) atoms. The summed E-state index contributed by atoms with van der Waals surface area (Å²) in [5, 5.41) is 8.74. The minimum Gasteiger partial charge on any atom is -0.411 e. The molecule has 0 bridgehead atoms. The summed E-state index contributed by atoms with van der Waals surface area (Å²) in [4.78, 5) is 4.28. The monoisotopic (exact) mass is 392 g/mol. The Hall–Kier alpha value is -2.45. The molecule has 0 aliphatic heterocycles. The molecule has 5 nitrogen and oxygen atoms in total. The van der Waals surface area contributed by atoms with Gasteiger partial charge in [-0.05, 0) is 30.3 Å². The van der Waals surface area contributed by atoms with Crippen molar-refractivity contribution in [2.45, 2.75) is 17.5 Å². The quantitative estimate of drug-likeness (QED) is 0.424. The topological polar surface area (TPSA) is 56.7 Å². The van der Waals surface area contributed by atoms with Gasteiger partial charge in [0.25, 0.3) is 5.22 Å². The van der Waals surface area contributed by atoms with Crippen molar-refractivity contribution in [3.8, 4) is 11.5 Å². The molecule has 4 rings (SSSR count). The Labute approximate surface area is 156 Å². The molecule has 0 aliphatic rings. The average Bonchev–Trinajstić information content (AvgIpc) is 3.24. The van der Waals surface area contributed by atoms with Crippen LogP contribution in [0, 0.1) is 0 Å². The second-order valence-corrected chi connectivity index (χ2v) is 6.70. The van der Waals surface area contributed by atoms with Crippen LogP contribution in [0.2, 0.25) is 5.02 Å². The molecule has 2 aromatic heterocycles. The van der Waals surface area contributed by atoms with Gasteiger partial charge >= 0.3 is 6.55 Å². The fourth-order valence-corrected chi connectivity index (χ4v) is 3.43. The second kappa shape index (κ2) is 7.05. The van der Waals surface area contributed by atoms with E-state index in [0.29, 0.717) is 27.5 Å². The van der Waals surface area contributed by atoms with Crippen molar-refractivity contribution in [2.24, 2.45) is 0 Å². The van der Waals surface area contributed by atoms with E-state index >= 15 is 0 Å². The Morgan fingerprint density at radius 2 is 1.96 bits per heavy atom. The lowest BCUT2D eigenvalue weighted by Gasteiger charge is -2.06. The SMILES string of the molecule is FC(F)n1c(CSc2nnc(-c3cccc(Cl)c3)o2)nc2ccccc21. The number of fused-ring (bicyclic) bond motifs is 1. The molecule has 0 aliphatic carbocycles. The fraction of sp³-hybridized carbons (Fsp3) is 0.118. The number of hydrogen-bond acceptors (Lipinski definition) is 5. The van der Waals surface area contributed by atoms with Crippen LogP contribution in [0.4, 0.5) is 8.78 Å². The van der Waals surface area contributed by atoms with Gasteiger partial charge in [-0.1, -0.05) is 41.6 Å². The second-order valence-electron chi connectivity index (χ2n) is 5.34. The molecule has 0 saturated carbocycles. The van der Waals surface area contributed by atoms with E-state index in [1.807, 2.05) is 0 Å². The van der Waals surface area contributed by atoms with Crippen LogP contribution >= 0.6 is 23.4 Å². The number of nitrogens with zero attached hydrogens (tertiary/aromatic N) is 4. The van der Waals surface area contributed by atoms with Crippen molar-refractivity contribution in [3.05, 3.63) is 59.4 Å². The van der Waals surface area contributed by atoms with Gasteiger partial charge in [-0.25, -0.2) is 4.98 Å². The Morgan fingerprint density at radius 3 is 2.77 bits per heavy atom. The van der Waals surface area contributed by atoms with Crippen LogP contribution in [0.15, 0.2) is 58.2 Å². The molecule has 0 saturated heterocycles. The largest absolute Gasteiger partial charge is 0.411 e. The van der Waals surface area contributed by atoms with Gasteiger partial charge < -0.3 is 4.42 Å². The van der Waals surface area contributed by atoms with E-state index in [-0.39, 0.29) is 16.8 Å². The number of alkyl halides is 2. The third-order valence-corrected chi connectivity index (χ3v) is 4.72. The lowest BCUT2D eigenvalue weighted by atomic mass is 10.2. The van der Waals surface area contributed by atoms with Crippen molar-refractivity contribution in [3.63, 3.8) is 0 Å². The van der Waals surface area contributed by atoms with E-state index in [1.165, 1.54) is 0 Å². The number of hydrogen-bond donors (Lipinski definition) is 0. The van der Waals surface area contributed by atoms with Gasteiger partial charge in [0.2, 0.25) is 5.89 Å². The molecule has 2 aromatic carbocycles. The number of imidazole rings is 1. The zero-order chi connectivity index (χ0) is 18.1. The summed E-state index contributed by atoms with van der Waals surface area (Å²) in [5.74, 6) is 0.738. The number of aromatic nitrogens is 4. The molecule has 132 valence electrons. The Bertz CT molecular complexity index is 1070. The first-order valence-electron chi connectivity index (χ1n) is 7.58. The van der Waals surface area contributed by atoms with Crippen LogP contribution in [-0.2, 0) is 5.75 Å². The van der Waals surface area contributed by atoms with E-state index in [2.05, 4.69) is 15.2 Å². The lowest BCUT2D eigenvalue weighted by Crippen LogP contribution is -2.03. The first-order chi connectivity index (χ1) is 12.6. The van der Waals surface area contributed by atoms with E-state index in [0.717, 1.165) is 16.3 Å². The number of benzene rings is 2. The molecular weight excluding hydrogens is 382 g/mol. The molecule has 0 N–H and O–H groups in total. The molecule has 0 unspecified atom stereocenters. The number of thioether (sulfide) groups is 1. The maximum atomic E-state index is 13.4. The maximum Gasteiger partial charge on any atom is 0.320 e. The van der Waals surface area contributed by atoms with Gasteiger partial charge in [-0.3, -0.25) is 4.57 Å². The summed E-state index contributed by atoms with van der Waals surface area (Å²) in [6, 6.07) is 13.8. The molecule has 4 aromatic rings. The number of para-hydroxylation sites is 2. The van der Waals surface area contributed by atoms with Crippen molar-refractivity contribution in [2.75, 3.05) is 0 Å². The lowest BCUT2D eigenvalue weighted by molar-refractivity contribution is 0.0722. The fourth-order valence-electron chi connectivity index (χ4n) is 2.55. The van der Waals surface area contributed by atoms with Crippen LogP contribution in [0.1, 0.15) is 12.4 Å². The Morgan fingerprint density at radius 1 is 1.12 bits per heavy atom. The first-order valence-corrected chi connectivity index (χ1v) is 8.94. The molecule has 2 heterocycles. The van der Waals surface area contributed by atoms with Crippen molar-refractivity contribution < 1.29 is 13.2 Å². The van der Waals surface area contributed by atoms with Crippen LogP contribution in [-0.4, -0.2) is 19.7 Å². The highest BCUT2D eigenvalue weighted by Crippen LogP contribution is 2.30. The smallest absolute Gasteiger partial charge is 0.320 e. The molecule has 0 atom stereocenters. The molecule has 0 radical (unpaired) electrons. The summed E-state index contributed by atoms with van der Waals surface area (Å²) >= 11 is 7.10. The Kier molecular flexibility index (Phi) is 4.60. The predicted octanol–water partition coefficient (Wildman–Crippen LogP) is 5.43. The molecule has 0 fully saturated rings. The van der Waals surface area contributed by atoms with Gasteiger partial charge in [0.05, 0.1) is 16.8 Å². The first kappa shape index (κ1) is 17.0. The van der Waals surface area contributed by atoms with E-state index in [9.17, 15) is 8.78 Å². The van der Waals surface area contributed by atoms with Gasteiger partial charge in [-0.15, -0.1) is 10.2 Å². The van der Waals surface area contributed by atoms with E-state index in [1.54, 1.807) is 48.5 Å². The number of rotatable bonds is 5. The maximum absolute atomic E-state index is 13.4. The zero-order valence-electron chi connectivity index (χ0n) is 13.1. The summed E-state index contributed by atoms with van der Waals surface area (Å²) in [5.41, 5.74) is 1.61. The molecule has 0 spiro atoms.